The van der Waals surface area contributed by atoms with E-state index in [0.29, 0.717) is 5.92 Å². The van der Waals surface area contributed by atoms with Crippen molar-refractivity contribution in [3.05, 3.63) is 59.4 Å². The first-order valence-electron chi connectivity index (χ1n) is 10.1. The second kappa shape index (κ2) is 7.28. The summed E-state index contributed by atoms with van der Waals surface area (Å²) in [5.41, 5.74) is 3.68. The van der Waals surface area contributed by atoms with E-state index in [-0.39, 0.29) is 29.9 Å². The van der Waals surface area contributed by atoms with Crippen LogP contribution in [-0.4, -0.2) is 57.2 Å². The van der Waals surface area contributed by atoms with Crippen LogP contribution in [0.15, 0.2) is 42.5 Å². The van der Waals surface area contributed by atoms with Gasteiger partial charge in [0, 0.05) is 24.2 Å². The minimum atomic E-state index is -0.415. The zero-order valence-electron chi connectivity index (χ0n) is 17.0. The van der Waals surface area contributed by atoms with Crippen molar-refractivity contribution in [1.82, 2.24) is 25.1 Å². The Kier molecular flexibility index (Phi) is 4.58. The highest BCUT2D eigenvalue weighted by molar-refractivity contribution is 5.96. The molecule has 1 amide bonds. The van der Waals surface area contributed by atoms with Crippen LogP contribution in [0.3, 0.4) is 0 Å². The van der Waals surface area contributed by atoms with Gasteiger partial charge in [0.15, 0.2) is 0 Å². The molecule has 2 aliphatic rings. The molecule has 2 atom stereocenters. The van der Waals surface area contributed by atoms with Gasteiger partial charge >= 0.3 is 0 Å². The van der Waals surface area contributed by atoms with Gasteiger partial charge in [0.05, 0.1) is 5.56 Å². The normalized spacial score (nSPS) is 20.8. The molecule has 0 N–H and O–H groups in total. The maximum atomic E-state index is 14.0. The second-order valence-electron chi connectivity index (χ2n) is 8.17. The fraction of sp³-hybridized carbons (Fsp3) is 0.364. The fourth-order valence-electron chi connectivity index (χ4n) is 4.66. The SMILES string of the molecule is Cc1ccc2c(c1)[C@H]1CN(C)CC[C@H]1N2C(=O)Cn1nnc(-c2ccccc2F)n1. The van der Waals surface area contributed by atoms with Crippen molar-refractivity contribution in [1.29, 1.82) is 0 Å². The molecular weight excluding hydrogens is 383 g/mol. The maximum Gasteiger partial charge on any atom is 0.250 e. The molecule has 0 bridgehead atoms. The number of amides is 1. The monoisotopic (exact) mass is 406 g/mol. The van der Waals surface area contributed by atoms with Gasteiger partial charge in [-0.15, -0.1) is 10.2 Å². The van der Waals surface area contributed by atoms with Crippen LogP contribution >= 0.6 is 0 Å². The van der Waals surface area contributed by atoms with Crippen LogP contribution in [0.5, 0.6) is 0 Å². The molecule has 0 saturated carbocycles. The van der Waals surface area contributed by atoms with Gasteiger partial charge in [-0.25, -0.2) is 4.39 Å². The number of nitrogens with zero attached hydrogens (tertiary/aromatic N) is 6. The highest BCUT2D eigenvalue weighted by atomic mass is 19.1. The molecule has 3 aromatic rings. The lowest BCUT2D eigenvalue weighted by Crippen LogP contribution is -2.48. The number of hydrogen-bond acceptors (Lipinski definition) is 5. The van der Waals surface area contributed by atoms with Crippen LogP contribution in [-0.2, 0) is 11.3 Å². The predicted molar refractivity (Wildman–Crippen MR) is 111 cm³/mol. The number of fused-ring (bicyclic) bond motifs is 3. The summed E-state index contributed by atoms with van der Waals surface area (Å²) in [6.45, 7) is 3.94. The summed E-state index contributed by atoms with van der Waals surface area (Å²) in [5.74, 6) is -0.00757. The Morgan fingerprint density at radius 1 is 1.23 bits per heavy atom. The van der Waals surface area contributed by atoms with Gasteiger partial charge in [-0.3, -0.25) is 4.79 Å². The second-order valence-corrected chi connectivity index (χ2v) is 8.17. The minimum Gasteiger partial charge on any atom is -0.307 e. The Hall–Kier alpha value is -3.13. The van der Waals surface area contributed by atoms with E-state index in [1.54, 1.807) is 18.2 Å². The molecule has 2 aliphatic heterocycles. The zero-order valence-corrected chi connectivity index (χ0v) is 17.0. The molecule has 0 unspecified atom stereocenters. The van der Waals surface area contributed by atoms with E-state index in [2.05, 4.69) is 40.3 Å². The third-order valence-corrected chi connectivity index (χ3v) is 6.07. The van der Waals surface area contributed by atoms with E-state index in [1.165, 1.54) is 22.0 Å². The van der Waals surface area contributed by atoms with E-state index < -0.39 is 5.82 Å². The summed E-state index contributed by atoms with van der Waals surface area (Å²) in [6, 6.07) is 12.7. The molecule has 154 valence electrons. The molecule has 3 heterocycles. The number of carbonyl (C=O) groups is 1. The molecule has 30 heavy (non-hydrogen) atoms. The number of tetrazole rings is 1. The number of aromatic nitrogens is 4. The Bertz CT molecular complexity index is 1110. The van der Waals surface area contributed by atoms with Crippen molar-refractivity contribution in [2.75, 3.05) is 25.0 Å². The van der Waals surface area contributed by atoms with Gasteiger partial charge < -0.3 is 9.80 Å². The molecule has 1 saturated heterocycles. The number of hydrogen-bond donors (Lipinski definition) is 0. The lowest BCUT2D eigenvalue weighted by atomic mass is 9.89. The van der Waals surface area contributed by atoms with Gasteiger partial charge in [-0.2, -0.15) is 4.80 Å². The highest BCUT2D eigenvalue weighted by Crippen LogP contribution is 2.45. The molecular formula is C22H23FN6O. The Balaban J connectivity index is 1.42. The minimum absolute atomic E-state index is 0.0339. The van der Waals surface area contributed by atoms with Crippen LogP contribution in [0.25, 0.3) is 11.4 Å². The van der Waals surface area contributed by atoms with Crippen molar-refractivity contribution in [3.8, 4) is 11.4 Å². The summed E-state index contributed by atoms with van der Waals surface area (Å²) in [4.78, 5) is 18.8. The average molecular weight is 406 g/mol. The lowest BCUT2D eigenvalue weighted by molar-refractivity contribution is -0.120. The van der Waals surface area contributed by atoms with E-state index in [0.717, 1.165) is 25.2 Å². The van der Waals surface area contributed by atoms with Crippen LogP contribution < -0.4 is 4.90 Å². The summed E-state index contributed by atoms with van der Waals surface area (Å²) < 4.78 is 14.0. The molecule has 0 radical (unpaired) electrons. The summed E-state index contributed by atoms with van der Waals surface area (Å²) >= 11 is 0. The van der Waals surface area contributed by atoms with Crippen molar-refractivity contribution in [2.24, 2.45) is 0 Å². The largest absolute Gasteiger partial charge is 0.307 e. The van der Waals surface area contributed by atoms with E-state index in [1.807, 2.05) is 17.0 Å². The van der Waals surface area contributed by atoms with Crippen molar-refractivity contribution in [2.45, 2.75) is 31.8 Å². The number of likely N-dealkylation sites (tertiary alicyclic amines) is 1. The number of likely N-dealkylation sites (N-methyl/N-ethyl adjacent to an activating group) is 1. The molecule has 8 heteroatoms. The number of halogens is 1. The third-order valence-electron chi connectivity index (χ3n) is 6.07. The van der Waals surface area contributed by atoms with E-state index >= 15 is 0 Å². The first kappa shape index (κ1) is 18.9. The Labute approximate surface area is 174 Å². The van der Waals surface area contributed by atoms with Crippen LogP contribution in [0.2, 0.25) is 0 Å². The van der Waals surface area contributed by atoms with Gasteiger partial charge in [0.2, 0.25) is 5.82 Å². The Morgan fingerprint density at radius 2 is 2.07 bits per heavy atom. The first-order chi connectivity index (χ1) is 14.5. The molecule has 1 aromatic heterocycles. The van der Waals surface area contributed by atoms with Crippen LogP contribution in [0.4, 0.5) is 10.1 Å². The quantitative estimate of drug-likeness (QED) is 0.669. The van der Waals surface area contributed by atoms with Gasteiger partial charge in [-0.05, 0) is 55.9 Å². The number of piperidine rings is 1. The summed E-state index contributed by atoms with van der Waals surface area (Å²) in [7, 11) is 2.12. The highest BCUT2D eigenvalue weighted by Gasteiger charge is 2.43. The fourth-order valence-corrected chi connectivity index (χ4v) is 4.66. The molecule has 2 aromatic carbocycles. The number of carbonyl (C=O) groups excluding carboxylic acids is 1. The maximum absolute atomic E-state index is 14.0. The number of rotatable bonds is 3. The van der Waals surface area contributed by atoms with E-state index in [9.17, 15) is 9.18 Å². The van der Waals surface area contributed by atoms with Crippen molar-refractivity contribution < 1.29 is 9.18 Å². The molecule has 5 rings (SSSR count). The number of benzene rings is 2. The molecule has 0 spiro atoms. The molecule has 0 aliphatic carbocycles. The summed E-state index contributed by atoms with van der Waals surface area (Å²) in [5, 5.41) is 12.2. The topological polar surface area (TPSA) is 67.2 Å². The first-order valence-corrected chi connectivity index (χ1v) is 10.1. The smallest absolute Gasteiger partial charge is 0.250 e. The summed E-state index contributed by atoms with van der Waals surface area (Å²) in [6.07, 6.45) is 0.923. The number of aryl methyl sites for hydroxylation is 1. The zero-order chi connectivity index (χ0) is 20.8. The van der Waals surface area contributed by atoms with Gasteiger partial charge in [-0.1, -0.05) is 29.8 Å². The third kappa shape index (κ3) is 3.17. The lowest BCUT2D eigenvalue weighted by Gasteiger charge is -2.36. The number of anilines is 1. The van der Waals surface area contributed by atoms with Crippen molar-refractivity contribution in [3.63, 3.8) is 0 Å². The predicted octanol–water partition coefficient (Wildman–Crippen LogP) is 2.62. The van der Waals surface area contributed by atoms with Crippen molar-refractivity contribution >= 4 is 11.6 Å². The molecule has 1 fully saturated rings. The van der Waals surface area contributed by atoms with Crippen LogP contribution in [0, 0.1) is 12.7 Å². The standard InChI is InChI=1S/C22H23FN6O/c1-14-7-8-19-16(11-14)17-12-27(2)10-9-20(17)29(19)21(30)13-28-25-22(24-26-28)15-5-3-4-6-18(15)23/h3-8,11,17,20H,9-10,12-13H2,1-2H3/t17-,20-/m1/s1. The van der Waals surface area contributed by atoms with E-state index in [4.69, 9.17) is 0 Å². The van der Waals surface area contributed by atoms with Gasteiger partial charge in [0.25, 0.3) is 5.91 Å². The van der Waals surface area contributed by atoms with Crippen LogP contribution in [0.1, 0.15) is 23.5 Å². The Morgan fingerprint density at radius 3 is 2.90 bits per heavy atom. The molecule has 7 nitrogen and oxygen atoms in total. The van der Waals surface area contributed by atoms with Gasteiger partial charge in [0.1, 0.15) is 12.4 Å². The average Bonchev–Trinajstić information content (AvgIpc) is 3.30.